The number of methoxy groups -OCH3 is 1. The summed E-state index contributed by atoms with van der Waals surface area (Å²) >= 11 is 1.58. The molecule has 6 heteroatoms. The van der Waals surface area contributed by atoms with Gasteiger partial charge in [-0.05, 0) is 41.7 Å². The third kappa shape index (κ3) is 4.07. The van der Waals surface area contributed by atoms with E-state index in [1.807, 2.05) is 16.8 Å². The lowest BCUT2D eigenvalue weighted by molar-refractivity contribution is -0.142. The molecule has 0 bridgehead atoms. The van der Waals surface area contributed by atoms with Gasteiger partial charge in [0.05, 0.1) is 19.1 Å². The Hall–Kier alpha value is -0.950. The molecule has 1 saturated heterocycles. The van der Waals surface area contributed by atoms with E-state index in [2.05, 4.69) is 0 Å². The lowest BCUT2D eigenvalue weighted by Crippen LogP contribution is -2.55. The second kappa shape index (κ2) is 8.06. The van der Waals surface area contributed by atoms with Crippen LogP contribution in [-0.4, -0.2) is 60.5 Å². The number of thiophene rings is 1. The standard InChI is InChI=1S/C16H25NO4S/c1-21-7-2-5-16(12-18)11-17(6-3-14(16)19)15(20)9-13-4-8-22-10-13/h4,8,10,14,18-19H,2-3,5-7,9,11-12H2,1H3/t14-,16+/m1/s1. The fourth-order valence-corrected chi connectivity index (χ4v) is 3.76. The summed E-state index contributed by atoms with van der Waals surface area (Å²) < 4.78 is 5.06. The second-order valence-electron chi connectivity index (χ2n) is 6.04. The van der Waals surface area contributed by atoms with E-state index >= 15 is 0 Å². The number of piperidine rings is 1. The van der Waals surface area contributed by atoms with Gasteiger partial charge < -0.3 is 19.8 Å². The minimum atomic E-state index is -0.624. The molecule has 22 heavy (non-hydrogen) atoms. The van der Waals surface area contributed by atoms with Crippen LogP contribution in [0.15, 0.2) is 16.8 Å². The lowest BCUT2D eigenvalue weighted by atomic mass is 9.74. The van der Waals surface area contributed by atoms with Gasteiger partial charge >= 0.3 is 0 Å². The summed E-state index contributed by atoms with van der Waals surface area (Å²) in [7, 11) is 1.64. The van der Waals surface area contributed by atoms with Gasteiger partial charge in [0.25, 0.3) is 0 Å². The van der Waals surface area contributed by atoms with Crippen molar-refractivity contribution in [1.82, 2.24) is 4.90 Å². The number of aliphatic hydroxyl groups excluding tert-OH is 2. The molecule has 1 aromatic heterocycles. The van der Waals surface area contributed by atoms with E-state index in [0.717, 1.165) is 12.0 Å². The van der Waals surface area contributed by atoms with Gasteiger partial charge in [-0.15, -0.1) is 0 Å². The van der Waals surface area contributed by atoms with Crippen molar-refractivity contribution in [1.29, 1.82) is 0 Å². The second-order valence-corrected chi connectivity index (χ2v) is 6.83. The van der Waals surface area contributed by atoms with Crippen LogP contribution in [0.25, 0.3) is 0 Å². The third-order valence-electron chi connectivity index (χ3n) is 4.51. The molecule has 2 heterocycles. The van der Waals surface area contributed by atoms with E-state index in [9.17, 15) is 15.0 Å². The number of likely N-dealkylation sites (tertiary alicyclic amines) is 1. The van der Waals surface area contributed by atoms with Gasteiger partial charge in [-0.1, -0.05) is 0 Å². The Balaban J connectivity index is 2.00. The minimum Gasteiger partial charge on any atom is -0.396 e. The first-order valence-corrected chi connectivity index (χ1v) is 8.62. The average molecular weight is 327 g/mol. The van der Waals surface area contributed by atoms with Crippen LogP contribution in [0.2, 0.25) is 0 Å². The smallest absolute Gasteiger partial charge is 0.227 e. The first kappa shape index (κ1) is 17.4. The minimum absolute atomic E-state index is 0.0647. The van der Waals surface area contributed by atoms with Crippen molar-refractivity contribution in [2.75, 3.05) is 33.4 Å². The highest BCUT2D eigenvalue weighted by Gasteiger charge is 2.43. The Morgan fingerprint density at radius 1 is 1.59 bits per heavy atom. The van der Waals surface area contributed by atoms with Gasteiger partial charge in [0.15, 0.2) is 0 Å². The third-order valence-corrected chi connectivity index (χ3v) is 5.24. The molecule has 1 aliphatic rings. The van der Waals surface area contributed by atoms with Crippen LogP contribution in [0.4, 0.5) is 0 Å². The van der Waals surface area contributed by atoms with Gasteiger partial charge in [-0.2, -0.15) is 11.3 Å². The predicted molar refractivity (Wildman–Crippen MR) is 85.9 cm³/mol. The zero-order valence-electron chi connectivity index (χ0n) is 13.0. The van der Waals surface area contributed by atoms with Gasteiger partial charge in [-0.25, -0.2) is 0 Å². The van der Waals surface area contributed by atoms with Crippen LogP contribution in [0.3, 0.4) is 0 Å². The van der Waals surface area contributed by atoms with Crippen LogP contribution in [0.5, 0.6) is 0 Å². The zero-order valence-corrected chi connectivity index (χ0v) is 13.8. The first-order valence-electron chi connectivity index (χ1n) is 7.68. The SMILES string of the molecule is COCCC[C@@]1(CO)CN(C(=O)Cc2ccsc2)CC[C@H]1O. The lowest BCUT2D eigenvalue weighted by Gasteiger charge is -2.45. The quantitative estimate of drug-likeness (QED) is 0.741. The molecule has 0 aliphatic carbocycles. The molecule has 2 rings (SSSR count). The number of carbonyl (C=O) groups is 1. The number of aliphatic hydroxyl groups is 2. The van der Waals surface area contributed by atoms with Crippen molar-refractivity contribution in [2.45, 2.75) is 31.8 Å². The van der Waals surface area contributed by atoms with E-state index in [0.29, 0.717) is 39.0 Å². The monoisotopic (exact) mass is 327 g/mol. The number of amides is 1. The van der Waals surface area contributed by atoms with Gasteiger partial charge in [-0.3, -0.25) is 4.79 Å². The van der Waals surface area contributed by atoms with Crippen molar-refractivity contribution in [3.05, 3.63) is 22.4 Å². The number of hydrogen-bond donors (Lipinski definition) is 2. The number of nitrogens with zero attached hydrogens (tertiary/aromatic N) is 1. The molecule has 0 aromatic carbocycles. The van der Waals surface area contributed by atoms with Crippen molar-refractivity contribution in [2.24, 2.45) is 5.41 Å². The number of carbonyl (C=O) groups excluding carboxylic acids is 1. The molecular weight excluding hydrogens is 302 g/mol. The molecule has 2 N–H and O–H groups in total. The molecular formula is C16H25NO4S. The summed E-state index contributed by atoms with van der Waals surface area (Å²) in [4.78, 5) is 14.2. The highest BCUT2D eigenvalue weighted by molar-refractivity contribution is 7.07. The first-order chi connectivity index (χ1) is 10.6. The summed E-state index contributed by atoms with van der Waals surface area (Å²) in [5, 5.41) is 24.1. The van der Waals surface area contributed by atoms with Crippen LogP contribution in [0, 0.1) is 5.41 Å². The Morgan fingerprint density at radius 3 is 3.05 bits per heavy atom. The number of ether oxygens (including phenoxy) is 1. The largest absolute Gasteiger partial charge is 0.396 e. The summed E-state index contributed by atoms with van der Waals surface area (Å²) in [5.41, 5.74) is 0.399. The van der Waals surface area contributed by atoms with Crippen molar-refractivity contribution >= 4 is 17.2 Å². The average Bonchev–Trinajstić information content (AvgIpc) is 3.02. The van der Waals surface area contributed by atoms with E-state index in [1.54, 1.807) is 23.3 Å². The maximum atomic E-state index is 12.4. The van der Waals surface area contributed by atoms with E-state index < -0.39 is 11.5 Å². The van der Waals surface area contributed by atoms with E-state index in [1.165, 1.54) is 0 Å². The predicted octanol–water partition coefficient (Wildman–Crippen LogP) is 1.29. The normalized spacial score (nSPS) is 25.4. The molecule has 0 spiro atoms. The molecule has 1 amide bonds. The molecule has 1 aliphatic heterocycles. The van der Waals surface area contributed by atoms with Crippen molar-refractivity contribution in [3.8, 4) is 0 Å². The molecule has 1 aromatic rings. The molecule has 5 nitrogen and oxygen atoms in total. The van der Waals surface area contributed by atoms with Gasteiger partial charge in [0.1, 0.15) is 0 Å². The zero-order chi connectivity index (χ0) is 16.0. The molecule has 1 fully saturated rings. The van der Waals surface area contributed by atoms with E-state index in [4.69, 9.17) is 4.74 Å². The fraction of sp³-hybridized carbons (Fsp3) is 0.688. The van der Waals surface area contributed by atoms with Gasteiger partial charge in [0, 0.05) is 32.2 Å². The molecule has 124 valence electrons. The van der Waals surface area contributed by atoms with Gasteiger partial charge in [0.2, 0.25) is 5.91 Å². The summed E-state index contributed by atoms with van der Waals surface area (Å²) in [6, 6.07) is 1.96. The van der Waals surface area contributed by atoms with Crippen LogP contribution < -0.4 is 0 Å². The van der Waals surface area contributed by atoms with Crippen molar-refractivity contribution < 1.29 is 19.7 Å². The molecule has 0 radical (unpaired) electrons. The molecule has 0 saturated carbocycles. The topological polar surface area (TPSA) is 70.0 Å². The summed E-state index contributed by atoms with van der Waals surface area (Å²) in [6.07, 6.45) is 1.75. The molecule has 2 atom stereocenters. The van der Waals surface area contributed by atoms with E-state index in [-0.39, 0.29) is 12.5 Å². The fourth-order valence-electron chi connectivity index (χ4n) is 3.09. The van der Waals surface area contributed by atoms with Crippen LogP contribution in [0.1, 0.15) is 24.8 Å². The molecule has 0 unspecified atom stereocenters. The highest BCUT2D eigenvalue weighted by atomic mass is 32.1. The maximum absolute atomic E-state index is 12.4. The Morgan fingerprint density at radius 2 is 2.41 bits per heavy atom. The Bertz CT molecular complexity index is 465. The number of hydrogen-bond acceptors (Lipinski definition) is 5. The summed E-state index contributed by atoms with van der Waals surface area (Å²) in [6.45, 7) is 1.45. The van der Waals surface area contributed by atoms with Crippen molar-refractivity contribution in [3.63, 3.8) is 0 Å². The van der Waals surface area contributed by atoms with Crippen LogP contribution >= 0.6 is 11.3 Å². The highest BCUT2D eigenvalue weighted by Crippen LogP contribution is 2.35. The Labute approximate surface area is 135 Å². The number of rotatable bonds is 7. The maximum Gasteiger partial charge on any atom is 0.227 e. The Kier molecular flexibility index (Phi) is 6.37. The van der Waals surface area contributed by atoms with Crippen LogP contribution in [-0.2, 0) is 16.0 Å². The summed E-state index contributed by atoms with van der Waals surface area (Å²) in [5.74, 6) is 0.0647.